The van der Waals surface area contributed by atoms with Crippen LogP contribution in [0.5, 0.6) is 0 Å². The molecule has 0 spiro atoms. The van der Waals surface area contributed by atoms with Gasteiger partial charge in [-0.25, -0.2) is 8.42 Å². The highest BCUT2D eigenvalue weighted by atomic mass is 32.2. The minimum Gasteiger partial charge on any atom is -0.452 e. The Morgan fingerprint density at radius 1 is 1.20 bits per heavy atom. The van der Waals surface area contributed by atoms with Crippen molar-refractivity contribution in [1.29, 1.82) is 0 Å². The molecule has 1 fully saturated rings. The number of carbonyl (C=O) groups is 2. The molecule has 2 unspecified atom stereocenters. The number of esters is 1. The first-order valence-electron chi connectivity index (χ1n) is 9.94. The highest BCUT2D eigenvalue weighted by Crippen LogP contribution is 2.28. The second kappa shape index (κ2) is 8.78. The van der Waals surface area contributed by atoms with Gasteiger partial charge in [0.25, 0.3) is 15.9 Å². The number of sulfonamides is 1. The molecule has 10 heteroatoms. The van der Waals surface area contributed by atoms with E-state index in [2.05, 4.69) is 0 Å². The number of thiophene rings is 2. The van der Waals surface area contributed by atoms with Gasteiger partial charge in [-0.2, -0.15) is 4.31 Å². The van der Waals surface area contributed by atoms with Gasteiger partial charge in [0, 0.05) is 31.1 Å². The highest BCUT2D eigenvalue weighted by molar-refractivity contribution is 7.91. The van der Waals surface area contributed by atoms with Crippen LogP contribution in [0.25, 0.3) is 0 Å². The van der Waals surface area contributed by atoms with Gasteiger partial charge in [0.1, 0.15) is 4.21 Å². The number of fused-ring (bicyclic) bond motifs is 1. The lowest BCUT2D eigenvalue weighted by Gasteiger charge is -2.32. The van der Waals surface area contributed by atoms with Crippen molar-refractivity contribution < 1.29 is 22.7 Å². The summed E-state index contributed by atoms with van der Waals surface area (Å²) in [5, 5.41) is 3.75. The molecule has 2 atom stereocenters. The number of nitrogens with zero attached hydrogens (tertiary/aromatic N) is 2. The molecule has 0 N–H and O–H groups in total. The molecular weight excluding hydrogens is 444 g/mol. The van der Waals surface area contributed by atoms with E-state index in [1.54, 1.807) is 40.7 Å². The number of hydrogen-bond acceptors (Lipinski definition) is 7. The largest absolute Gasteiger partial charge is 0.452 e. The van der Waals surface area contributed by atoms with E-state index in [9.17, 15) is 18.0 Å². The van der Waals surface area contributed by atoms with Gasteiger partial charge < -0.3 is 9.64 Å². The smallest absolute Gasteiger partial charge is 0.311 e. The van der Waals surface area contributed by atoms with Crippen molar-refractivity contribution in [2.45, 2.75) is 43.0 Å². The predicted molar refractivity (Wildman–Crippen MR) is 115 cm³/mol. The van der Waals surface area contributed by atoms with E-state index >= 15 is 0 Å². The number of rotatable bonds is 5. The fraction of sp³-hybridized carbons (Fsp3) is 0.500. The van der Waals surface area contributed by atoms with Crippen LogP contribution >= 0.6 is 22.7 Å². The Hall–Kier alpha value is -1.75. The fourth-order valence-corrected chi connectivity index (χ4v) is 7.46. The van der Waals surface area contributed by atoms with Gasteiger partial charge in [0.2, 0.25) is 0 Å². The van der Waals surface area contributed by atoms with Gasteiger partial charge in [-0.15, -0.1) is 22.7 Å². The minimum absolute atomic E-state index is 0.0853. The molecule has 2 aromatic rings. The van der Waals surface area contributed by atoms with E-state index in [1.807, 2.05) is 11.4 Å². The fourth-order valence-electron chi connectivity index (χ4n) is 3.91. The second-order valence-corrected chi connectivity index (χ2v) is 11.7. The molecule has 7 nitrogen and oxygen atoms in total. The van der Waals surface area contributed by atoms with Crippen molar-refractivity contribution in [2.75, 3.05) is 19.6 Å². The Morgan fingerprint density at radius 2 is 2.03 bits per heavy atom. The van der Waals surface area contributed by atoms with Gasteiger partial charge in [0.15, 0.2) is 6.10 Å². The third-order valence-electron chi connectivity index (χ3n) is 5.57. The summed E-state index contributed by atoms with van der Waals surface area (Å²) in [7, 11) is -3.60. The van der Waals surface area contributed by atoms with Crippen LogP contribution in [0.1, 0.15) is 30.2 Å². The van der Waals surface area contributed by atoms with Crippen molar-refractivity contribution in [3.8, 4) is 0 Å². The zero-order valence-corrected chi connectivity index (χ0v) is 19.1. The van der Waals surface area contributed by atoms with E-state index in [-0.39, 0.29) is 16.7 Å². The summed E-state index contributed by atoms with van der Waals surface area (Å²) in [4.78, 5) is 28.5. The molecular formula is C20H24N2O5S3. The Bertz CT molecular complexity index is 1020. The molecule has 2 aliphatic heterocycles. The normalized spacial score (nSPS) is 21.1. The van der Waals surface area contributed by atoms with Crippen LogP contribution < -0.4 is 0 Å². The Labute approximate surface area is 184 Å². The molecule has 1 saturated heterocycles. The van der Waals surface area contributed by atoms with Gasteiger partial charge in [-0.05, 0) is 54.6 Å². The van der Waals surface area contributed by atoms with Gasteiger partial charge >= 0.3 is 5.97 Å². The Morgan fingerprint density at radius 3 is 2.80 bits per heavy atom. The molecule has 30 heavy (non-hydrogen) atoms. The molecule has 0 radical (unpaired) electrons. The molecule has 4 rings (SSSR count). The second-order valence-electron chi connectivity index (χ2n) is 7.59. The lowest BCUT2D eigenvalue weighted by molar-refractivity contribution is -0.163. The summed E-state index contributed by atoms with van der Waals surface area (Å²) in [5.41, 5.74) is 1.15. The standard InChI is InChI=1S/C20H24N2O5S3/c1-14(19(23)21-9-6-17-15(12-21)7-11-28-17)27-20(24)16-4-2-8-22(13-16)30(25,26)18-5-3-10-29-18/h3,5,7,10-11,14,16H,2,4,6,8-9,12-13H2,1H3. The van der Waals surface area contributed by atoms with Crippen molar-refractivity contribution >= 4 is 44.6 Å². The first-order valence-corrected chi connectivity index (χ1v) is 13.1. The van der Waals surface area contributed by atoms with Gasteiger partial charge in [-0.1, -0.05) is 6.07 Å². The lowest BCUT2D eigenvalue weighted by atomic mass is 10.00. The molecule has 2 aliphatic rings. The monoisotopic (exact) mass is 468 g/mol. The van der Waals surface area contributed by atoms with Crippen molar-refractivity contribution in [3.63, 3.8) is 0 Å². The maximum absolute atomic E-state index is 12.8. The van der Waals surface area contributed by atoms with Crippen LogP contribution in [-0.4, -0.2) is 55.2 Å². The summed E-state index contributed by atoms with van der Waals surface area (Å²) < 4.78 is 32.6. The van der Waals surface area contributed by atoms with Gasteiger partial charge in [0.05, 0.1) is 5.92 Å². The average molecular weight is 469 g/mol. The van der Waals surface area contributed by atoms with Crippen molar-refractivity contribution in [3.05, 3.63) is 39.4 Å². The molecule has 4 heterocycles. The highest BCUT2D eigenvalue weighted by Gasteiger charge is 2.36. The zero-order chi connectivity index (χ0) is 21.3. The average Bonchev–Trinajstić information content (AvgIpc) is 3.44. The van der Waals surface area contributed by atoms with Crippen LogP contribution in [0.3, 0.4) is 0 Å². The molecule has 0 aliphatic carbocycles. The molecule has 162 valence electrons. The number of piperidine rings is 1. The van der Waals surface area contributed by atoms with E-state index in [1.165, 1.54) is 9.18 Å². The summed E-state index contributed by atoms with van der Waals surface area (Å²) >= 11 is 2.87. The van der Waals surface area contributed by atoms with Crippen LogP contribution in [0.2, 0.25) is 0 Å². The van der Waals surface area contributed by atoms with Crippen molar-refractivity contribution in [1.82, 2.24) is 9.21 Å². The first-order chi connectivity index (χ1) is 14.4. The molecule has 0 bridgehead atoms. The van der Waals surface area contributed by atoms with Crippen LogP contribution in [0.4, 0.5) is 0 Å². The van der Waals surface area contributed by atoms with Crippen molar-refractivity contribution in [2.24, 2.45) is 5.92 Å². The SMILES string of the molecule is CC(OC(=O)C1CCCN(S(=O)(=O)c2cccs2)C1)C(=O)N1CCc2sccc2C1. The van der Waals surface area contributed by atoms with E-state index < -0.39 is 28.0 Å². The molecule has 1 amide bonds. The first kappa shape index (κ1) is 21.5. The molecule has 0 aromatic carbocycles. The maximum Gasteiger partial charge on any atom is 0.311 e. The van der Waals surface area contributed by atoms with E-state index in [4.69, 9.17) is 4.74 Å². The maximum atomic E-state index is 12.8. The number of hydrogen-bond donors (Lipinski definition) is 0. The summed E-state index contributed by atoms with van der Waals surface area (Å²) in [5.74, 6) is -1.28. The summed E-state index contributed by atoms with van der Waals surface area (Å²) in [6, 6.07) is 5.29. The molecule has 0 saturated carbocycles. The number of carbonyl (C=O) groups excluding carboxylic acids is 2. The quantitative estimate of drug-likeness (QED) is 0.630. The lowest BCUT2D eigenvalue weighted by Crippen LogP contribution is -2.45. The third-order valence-corrected chi connectivity index (χ3v) is 9.83. The summed E-state index contributed by atoms with van der Waals surface area (Å²) in [6.07, 6.45) is 1.07. The third kappa shape index (κ3) is 4.32. The number of ether oxygens (including phenoxy) is 1. The number of amides is 1. The van der Waals surface area contributed by atoms with E-state index in [0.717, 1.165) is 23.3 Å². The Kier molecular flexibility index (Phi) is 6.29. The topological polar surface area (TPSA) is 84.0 Å². The van der Waals surface area contributed by atoms with Crippen LogP contribution in [0.15, 0.2) is 33.2 Å². The molecule has 2 aromatic heterocycles. The predicted octanol–water partition coefficient (Wildman–Crippen LogP) is 2.73. The Balaban J connectivity index is 1.36. The summed E-state index contributed by atoms with van der Waals surface area (Å²) in [6.45, 7) is 3.21. The van der Waals surface area contributed by atoms with Gasteiger partial charge in [-0.3, -0.25) is 9.59 Å². The zero-order valence-electron chi connectivity index (χ0n) is 16.7. The minimum atomic E-state index is -3.60. The van der Waals surface area contributed by atoms with Crippen LogP contribution in [0, 0.1) is 5.92 Å². The van der Waals surface area contributed by atoms with Crippen LogP contribution in [-0.2, 0) is 37.3 Å². The van der Waals surface area contributed by atoms with E-state index in [0.29, 0.717) is 32.5 Å².